The van der Waals surface area contributed by atoms with E-state index in [0.29, 0.717) is 24.4 Å². The smallest absolute Gasteiger partial charge is 0.223 e. The number of hydrogen-bond donors (Lipinski definition) is 2. The van der Waals surface area contributed by atoms with E-state index in [1.807, 2.05) is 0 Å². The van der Waals surface area contributed by atoms with Crippen molar-refractivity contribution in [2.75, 3.05) is 6.54 Å². The second-order valence-corrected chi connectivity index (χ2v) is 6.16. The van der Waals surface area contributed by atoms with Crippen molar-refractivity contribution in [1.82, 2.24) is 5.32 Å². The lowest BCUT2D eigenvalue weighted by Crippen LogP contribution is -2.40. The van der Waals surface area contributed by atoms with Gasteiger partial charge in [-0.3, -0.25) is 4.79 Å². The molecule has 0 aromatic heterocycles. The van der Waals surface area contributed by atoms with Crippen LogP contribution in [0.2, 0.25) is 0 Å². The van der Waals surface area contributed by atoms with Gasteiger partial charge in [0.25, 0.3) is 0 Å². The van der Waals surface area contributed by atoms with Crippen LogP contribution in [0.4, 0.5) is 8.78 Å². The van der Waals surface area contributed by atoms with Gasteiger partial charge in [0.15, 0.2) is 0 Å². The molecule has 2 saturated carbocycles. The van der Waals surface area contributed by atoms with Gasteiger partial charge in [-0.05, 0) is 61.4 Å². The van der Waals surface area contributed by atoms with E-state index in [9.17, 15) is 13.6 Å². The number of nitrogens with one attached hydrogen (secondary N) is 1. The Kier molecular flexibility index (Phi) is 3.93. The number of rotatable bonds is 4. The summed E-state index contributed by atoms with van der Waals surface area (Å²) in [6, 6.07) is 3.56. The van der Waals surface area contributed by atoms with E-state index >= 15 is 0 Å². The highest BCUT2D eigenvalue weighted by Gasteiger charge is 2.46. The number of benzene rings is 1. The van der Waals surface area contributed by atoms with Gasteiger partial charge in [-0.2, -0.15) is 0 Å². The van der Waals surface area contributed by atoms with Gasteiger partial charge in [0.1, 0.15) is 11.6 Å². The third-order valence-electron chi connectivity index (χ3n) is 4.77. The molecule has 21 heavy (non-hydrogen) atoms. The highest BCUT2D eigenvalue weighted by molar-refractivity contribution is 5.83. The predicted octanol–water partition coefficient (Wildman–Crippen LogP) is 2.31. The highest BCUT2D eigenvalue weighted by Crippen LogP contribution is 2.48. The Morgan fingerprint density at radius 1 is 1.33 bits per heavy atom. The molecule has 0 aliphatic heterocycles. The molecule has 1 aromatic carbocycles. The lowest BCUT2D eigenvalue weighted by atomic mass is 10.0. The zero-order valence-electron chi connectivity index (χ0n) is 11.8. The Bertz CT molecular complexity index is 549. The van der Waals surface area contributed by atoms with Crippen LogP contribution in [-0.4, -0.2) is 18.5 Å². The summed E-state index contributed by atoms with van der Waals surface area (Å²) in [7, 11) is 0. The molecule has 3 rings (SSSR count). The van der Waals surface area contributed by atoms with Crippen molar-refractivity contribution in [3.05, 3.63) is 35.4 Å². The quantitative estimate of drug-likeness (QED) is 0.895. The van der Waals surface area contributed by atoms with Crippen LogP contribution in [0, 0.1) is 23.5 Å². The summed E-state index contributed by atoms with van der Waals surface area (Å²) in [4.78, 5) is 12.2. The third-order valence-corrected chi connectivity index (χ3v) is 4.77. The Balaban J connectivity index is 1.62. The number of nitrogens with two attached hydrogens (primary N) is 1. The Labute approximate surface area is 122 Å². The van der Waals surface area contributed by atoms with Gasteiger partial charge < -0.3 is 11.1 Å². The maximum absolute atomic E-state index is 13.7. The molecule has 0 radical (unpaired) electrons. The largest absolute Gasteiger partial charge is 0.353 e. The lowest BCUT2D eigenvalue weighted by Gasteiger charge is -2.19. The maximum Gasteiger partial charge on any atom is 0.223 e. The molecule has 114 valence electrons. The zero-order valence-corrected chi connectivity index (χ0v) is 11.8. The number of halogens is 2. The molecule has 2 aliphatic carbocycles. The molecule has 3 nitrogen and oxygen atoms in total. The predicted molar refractivity (Wildman–Crippen MR) is 75.5 cm³/mol. The van der Waals surface area contributed by atoms with Crippen LogP contribution in [0.15, 0.2) is 18.2 Å². The lowest BCUT2D eigenvalue weighted by molar-refractivity contribution is -0.123. The van der Waals surface area contributed by atoms with E-state index in [1.54, 1.807) is 0 Å². The van der Waals surface area contributed by atoms with Crippen LogP contribution in [0.3, 0.4) is 0 Å². The fourth-order valence-electron chi connectivity index (χ4n) is 3.43. The van der Waals surface area contributed by atoms with Crippen LogP contribution in [-0.2, 0) is 4.79 Å². The molecule has 0 spiro atoms. The monoisotopic (exact) mass is 294 g/mol. The second kappa shape index (κ2) is 5.72. The molecule has 0 heterocycles. The summed E-state index contributed by atoms with van der Waals surface area (Å²) in [5.41, 5.74) is 6.02. The molecule has 5 heteroatoms. The molecule has 2 fully saturated rings. The van der Waals surface area contributed by atoms with E-state index in [0.717, 1.165) is 31.4 Å². The summed E-state index contributed by atoms with van der Waals surface area (Å²) in [6.07, 6.45) is 3.68. The summed E-state index contributed by atoms with van der Waals surface area (Å²) < 4.78 is 26.9. The molecule has 0 saturated heterocycles. The standard InChI is InChI=1S/C16H20F2N2O/c17-10-4-5-14(18)12(6-10)11-7-13(11)16(21)20-15-3-1-2-9(15)8-19/h4-6,9,11,13,15H,1-3,7-8,19H2,(H,20,21). The first-order valence-electron chi connectivity index (χ1n) is 7.55. The molecule has 3 N–H and O–H groups in total. The minimum Gasteiger partial charge on any atom is -0.353 e. The van der Waals surface area contributed by atoms with Crippen LogP contribution in [0.1, 0.15) is 37.2 Å². The molecule has 1 amide bonds. The fourth-order valence-corrected chi connectivity index (χ4v) is 3.43. The summed E-state index contributed by atoms with van der Waals surface area (Å²) >= 11 is 0. The first-order valence-corrected chi connectivity index (χ1v) is 7.55. The summed E-state index contributed by atoms with van der Waals surface area (Å²) in [5.74, 6) is -1.03. The number of carbonyl (C=O) groups is 1. The van der Waals surface area contributed by atoms with Crippen LogP contribution < -0.4 is 11.1 Å². The van der Waals surface area contributed by atoms with Crippen LogP contribution in [0.25, 0.3) is 0 Å². The average Bonchev–Trinajstić information content (AvgIpc) is 3.14. The number of carbonyl (C=O) groups excluding carboxylic acids is 1. The van der Waals surface area contributed by atoms with Crippen molar-refractivity contribution in [2.45, 2.75) is 37.6 Å². The van der Waals surface area contributed by atoms with E-state index in [1.165, 1.54) is 6.07 Å². The van der Waals surface area contributed by atoms with Crippen molar-refractivity contribution >= 4 is 5.91 Å². The van der Waals surface area contributed by atoms with Crippen LogP contribution in [0.5, 0.6) is 0 Å². The normalized spacial score (nSPS) is 31.2. The van der Waals surface area contributed by atoms with Gasteiger partial charge in [0.05, 0.1) is 0 Å². The summed E-state index contributed by atoms with van der Waals surface area (Å²) in [5, 5.41) is 3.04. The Morgan fingerprint density at radius 3 is 2.90 bits per heavy atom. The van der Waals surface area contributed by atoms with Gasteiger partial charge in [0, 0.05) is 12.0 Å². The zero-order chi connectivity index (χ0) is 15.0. The summed E-state index contributed by atoms with van der Waals surface area (Å²) in [6.45, 7) is 0.581. The second-order valence-electron chi connectivity index (χ2n) is 6.16. The minimum atomic E-state index is -0.462. The van der Waals surface area contributed by atoms with E-state index in [4.69, 9.17) is 5.73 Å². The molecular formula is C16H20F2N2O. The van der Waals surface area contributed by atoms with Gasteiger partial charge in [-0.15, -0.1) is 0 Å². The van der Waals surface area contributed by atoms with Crippen LogP contribution >= 0.6 is 0 Å². The van der Waals surface area contributed by atoms with Crippen molar-refractivity contribution in [3.63, 3.8) is 0 Å². The molecule has 4 atom stereocenters. The molecule has 2 aliphatic rings. The topological polar surface area (TPSA) is 55.1 Å². The van der Waals surface area contributed by atoms with E-state index in [-0.39, 0.29) is 23.8 Å². The molecular weight excluding hydrogens is 274 g/mol. The SMILES string of the molecule is NCC1CCCC1NC(=O)C1CC1c1cc(F)ccc1F. The van der Waals surface area contributed by atoms with Gasteiger partial charge in [-0.1, -0.05) is 6.42 Å². The Morgan fingerprint density at radius 2 is 2.14 bits per heavy atom. The minimum absolute atomic E-state index is 0.0472. The maximum atomic E-state index is 13.7. The van der Waals surface area contributed by atoms with Gasteiger partial charge in [-0.25, -0.2) is 8.78 Å². The van der Waals surface area contributed by atoms with E-state index in [2.05, 4.69) is 5.32 Å². The number of hydrogen-bond acceptors (Lipinski definition) is 2. The third kappa shape index (κ3) is 2.93. The first-order chi connectivity index (χ1) is 10.1. The number of amides is 1. The van der Waals surface area contributed by atoms with Crippen molar-refractivity contribution in [1.29, 1.82) is 0 Å². The van der Waals surface area contributed by atoms with Crippen molar-refractivity contribution in [2.24, 2.45) is 17.6 Å². The fraction of sp³-hybridized carbons (Fsp3) is 0.562. The average molecular weight is 294 g/mol. The first kappa shape index (κ1) is 14.4. The van der Waals surface area contributed by atoms with Gasteiger partial charge >= 0.3 is 0 Å². The molecule has 0 bridgehead atoms. The highest BCUT2D eigenvalue weighted by atomic mass is 19.1. The van der Waals surface area contributed by atoms with Crippen molar-refractivity contribution < 1.29 is 13.6 Å². The van der Waals surface area contributed by atoms with Gasteiger partial charge in [0.2, 0.25) is 5.91 Å². The van der Waals surface area contributed by atoms with E-state index < -0.39 is 11.6 Å². The Hall–Kier alpha value is -1.49. The molecule has 1 aromatic rings. The molecule has 4 unspecified atom stereocenters. The van der Waals surface area contributed by atoms with Crippen molar-refractivity contribution in [3.8, 4) is 0 Å².